The number of aryl methyl sites for hydroxylation is 1. The third-order valence-corrected chi connectivity index (χ3v) is 2.70. The van der Waals surface area contributed by atoms with Crippen molar-refractivity contribution in [2.75, 3.05) is 5.32 Å². The molecule has 0 saturated heterocycles. The Morgan fingerprint density at radius 1 is 1.26 bits per heavy atom. The average Bonchev–Trinajstić information content (AvgIpc) is 2.83. The number of H-pyrrole nitrogens is 1. The summed E-state index contributed by atoms with van der Waals surface area (Å²) in [6, 6.07) is 5.89. The van der Waals surface area contributed by atoms with E-state index in [4.69, 9.17) is 0 Å². The van der Waals surface area contributed by atoms with Crippen LogP contribution in [-0.2, 0) is 0 Å². The first-order valence-corrected chi connectivity index (χ1v) is 5.74. The number of hydrogen-bond acceptors (Lipinski definition) is 2. The lowest BCUT2D eigenvalue weighted by Crippen LogP contribution is -2.13. The number of aromatic nitrogens is 1. The third-order valence-electron chi connectivity index (χ3n) is 2.70. The Morgan fingerprint density at radius 3 is 2.63 bits per heavy atom. The fourth-order valence-electron chi connectivity index (χ4n) is 1.65. The van der Waals surface area contributed by atoms with Gasteiger partial charge < -0.3 is 10.3 Å². The van der Waals surface area contributed by atoms with Crippen LogP contribution in [0.25, 0.3) is 0 Å². The number of amides is 1. The number of Topliss-reactive ketones (excluding diaryl/α,β-unsaturated/α-hetero) is 1. The number of hydrogen-bond donors (Lipinski definition) is 2. The molecule has 0 atom stereocenters. The summed E-state index contributed by atoms with van der Waals surface area (Å²) in [5, 5.41) is 2.46. The van der Waals surface area contributed by atoms with E-state index in [1.807, 2.05) is 0 Å². The van der Waals surface area contributed by atoms with Crippen LogP contribution in [0, 0.1) is 12.7 Å². The van der Waals surface area contributed by atoms with Gasteiger partial charge in [-0.25, -0.2) is 4.39 Å². The first kappa shape index (κ1) is 13.0. The fourth-order valence-corrected chi connectivity index (χ4v) is 1.65. The van der Waals surface area contributed by atoms with E-state index >= 15 is 0 Å². The van der Waals surface area contributed by atoms with Crippen LogP contribution >= 0.6 is 0 Å². The number of benzene rings is 1. The quantitative estimate of drug-likeness (QED) is 0.833. The molecule has 0 aliphatic carbocycles. The number of ketones is 1. The molecule has 2 rings (SSSR count). The van der Waals surface area contributed by atoms with Gasteiger partial charge in [-0.05, 0) is 37.6 Å². The Hall–Kier alpha value is -2.43. The van der Waals surface area contributed by atoms with Crippen molar-refractivity contribution in [1.82, 2.24) is 4.98 Å². The topological polar surface area (TPSA) is 62.0 Å². The second-order valence-electron chi connectivity index (χ2n) is 4.30. The van der Waals surface area contributed by atoms with E-state index in [-0.39, 0.29) is 17.2 Å². The smallest absolute Gasteiger partial charge is 0.272 e. The summed E-state index contributed by atoms with van der Waals surface area (Å²) in [4.78, 5) is 25.7. The standard InChI is InChI=1S/C14H13FN2O2/c1-8-3-4-11(15)12(5-8)17-14(19)13-6-10(7-16-13)9(2)18/h3-7,16H,1-2H3,(H,17,19). The molecule has 4 nitrogen and oxygen atoms in total. The lowest BCUT2D eigenvalue weighted by atomic mass is 10.2. The van der Waals surface area contributed by atoms with Crippen LogP contribution in [0.4, 0.5) is 10.1 Å². The van der Waals surface area contributed by atoms with E-state index in [9.17, 15) is 14.0 Å². The minimum absolute atomic E-state index is 0.115. The van der Waals surface area contributed by atoms with Crippen molar-refractivity contribution >= 4 is 17.4 Å². The molecule has 0 bridgehead atoms. The summed E-state index contributed by atoms with van der Waals surface area (Å²) in [6.07, 6.45) is 1.45. The number of carbonyl (C=O) groups excluding carboxylic acids is 2. The first-order chi connectivity index (χ1) is 8.97. The molecule has 1 amide bonds. The second-order valence-corrected chi connectivity index (χ2v) is 4.30. The van der Waals surface area contributed by atoms with E-state index in [0.29, 0.717) is 5.56 Å². The summed E-state index contributed by atoms with van der Waals surface area (Å²) in [6.45, 7) is 3.21. The minimum atomic E-state index is -0.503. The zero-order valence-electron chi connectivity index (χ0n) is 10.6. The molecule has 2 aromatic rings. The highest BCUT2D eigenvalue weighted by Crippen LogP contribution is 2.16. The maximum absolute atomic E-state index is 13.5. The van der Waals surface area contributed by atoms with Gasteiger partial charge in [0.1, 0.15) is 11.5 Å². The molecule has 1 heterocycles. The molecule has 19 heavy (non-hydrogen) atoms. The van der Waals surface area contributed by atoms with Gasteiger partial charge >= 0.3 is 0 Å². The van der Waals surface area contributed by atoms with E-state index in [1.165, 1.54) is 25.3 Å². The molecule has 0 unspecified atom stereocenters. The van der Waals surface area contributed by atoms with Gasteiger partial charge in [0.05, 0.1) is 5.69 Å². The molecular formula is C14H13FN2O2. The highest BCUT2D eigenvalue weighted by molar-refractivity contribution is 6.05. The number of aromatic amines is 1. The van der Waals surface area contributed by atoms with Crippen molar-refractivity contribution in [2.24, 2.45) is 0 Å². The van der Waals surface area contributed by atoms with Crippen LogP contribution in [0.2, 0.25) is 0 Å². The van der Waals surface area contributed by atoms with Gasteiger partial charge in [0.2, 0.25) is 0 Å². The van der Waals surface area contributed by atoms with Crippen LogP contribution in [-0.4, -0.2) is 16.7 Å². The molecule has 0 spiro atoms. The molecule has 0 radical (unpaired) electrons. The number of halogens is 1. The van der Waals surface area contributed by atoms with Gasteiger partial charge in [-0.3, -0.25) is 9.59 Å². The fraction of sp³-hybridized carbons (Fsp3) is 0.143. The van der Waals surface area contributed by atoms with Crippen molar-refractivity contribution in [3.05, 3.63) is 53.1 Å². The maximum atomic E-state index is 13.5. The molecule has 0 saturated carbocycles. The lowest BCUT2D eigenvalue weighted by Gasteiger charge is -2.06. The van der Waals surface area contributed by atoms with Crippen LogP contribution in [0.1, 0.15) is 33.3 Å². The molecule has 2 N–H and O–H groups in total. The van der Waals surface area contributed by atoms with Crippen LogP contribution in [0.5, 0.6) is 0 Å². The minimum Gasteiger partial charge on any atom is -0.356 e. The van der Waals surface area contributed by atoms with Gasteiger partial charge in [-0.2, -0.15) is 0 Å². The molecule has 1 aromatic heterocycles. The molecule has 5 heteroatoms. The summed E-state index contributed by atoms with van der Waals surface area (Å²) < 4.78 is 13.5. The lowest BCUT2D eigenvalue weighted by molar-refractivity contribution is 0.101. The van der Waals surface area contributed by atoms with Gasteiger partial charge in [-0.15, -0.1) is 0 Å². The summed E-state index contributed by atoms with van der Waals surface area (Å²) in [7, 11) is 0. The number of rotatable bonds is 3. The second kappa shape index (κ2) is 5.06. The number of carbonyl (C=O) groups is 2. The van der Waals surface area contributed by atoms with Crippen LogP contribution in [0.3, 0.4) is 0 Å². The SMILES string of the molecule is CC(=O)c1c[nH]c(C(=O)Nc2cc(C)ccc2F)c1. The van der Waals surface area contributed by atoms with Crippen molar-refractivity contribution in [3.8, 4) is 0 Å². The van der Waals surface area contributed by atoms with Gasteiger partial charge in [-0.1, -0.05) is 6.07 Å². The Morgan fingerprint density at radius 2 is 2.00 bits per heavy atom. The number of anilines is 1. The van der Waals surface area contributed by atoms with Crippen LogP contribution < -0.4 is 5.32 Å². The molecular weight excluding hydrogens is 247 g/mol. The highest BCUT2D eigenvalue weighted by atomic mass is 19.1. The zero-order valence-corrected chi connectivity index (χ0v) is 10.6. The maximum Gasteiger partial charge on any atom is 0.272 e. The molecule has 0 aliphatic rings. The molecule has 0 fully saturated rings. The third kappa shape index (κ3) is 2.88. The largest absolute Gasteiger partial charge is 0.356 e. The van der Waals surface area contributed by atoms with Gasteiger partial charge in [0.25, 0.3) is 5.91 Å². The van der Waals surface area contributed by atoms with Crippen molar-refractivity contribution in [3.63, 3.8) is 0 Å². The van der Waals surface area contributed by atoms with Gasteiger partial charge in [0, 0.05) is 11.8 Å². The highest BCUT2D eigenvalue weighted by Gasteiger charge is 2.12. The first-order valence-electron chi connectivity index (χ1n) is 5.74. The van der Waals surface area contributed by atoms with E-state index < -0.39 is 11.7 Å². The normalized spacial score (nSPS) is 10.3. The number of nitrogens with one attached hydrogen (secondary N) is 2. The molecule has 1 aromatic carbocycles. The Bertz CT molecular complexity index is 647. The van der Waals surface area contributed by atoms with E-state index in [1.54, 1.807) is 19.1 Å². The summed E-state index contributed by atoms with van der Waals surface area (Å²) in [5.41, 5.74) is 1.58. The Kier molecular flexibility index (Phi) is 3.46. The summed E-state index contributed by atoms with van der Waals surface area (Å²) >= 11 is 0. The average molecular weight is 260 g/mol. The van der Waals surface area contributed by atoms with Gasteiger partial charge in [0.15, 0.2) is 5.78 Å². The Balaban J connectivity index is 2.20. The molecule has 98 valence electrons. The predicted octanol–water partition coefficient (Wildman–Crippen LogP) is 2.92. The van der Waals surface area contributed by atoms with E-state index in [0.717, 1.165) is 5.56 Å². The van der Waals surface area contributed by atoms with Crippen molar-refractivity contribution < 1.29 is 14.0 Å². The zero-order chi connectivity index (χ0) is 14.0. The Labute approximate surface area is 109 Å². The van der Waals surface area contributed by atoms with Crippen molar-refractivity contribution in [1.29, 1.82) is 0 Å². The van der Waals surface area contributed by atoms with Crippen molar-refractivity contribution in [2.45, 2.75) is 13.8 Å². The van der Waals surface area contributed by atoms with E-state index in [2.05, 4.69) is 10.3 Å². The monoisotopic (exact) mass is 260 g/mol. The predicted molar refractivity (Wildman–Crippen MR) is 69.9 cm³/mol. The van der Waals surface area contributed by atoms with Crippen LogP contribution in [0.15, 0.2) is 30.5 Å². The molecule has 0 aliphatic heterocycles. The summed E-state index contributed by atoms with van der Waals surface area (Å²) in [5.74, 6) is -1.13.